The van der Waals surface area contributed by atoms with Crippen LogP contribution < -0.4 is 5.32 Å². The van der Waals surface area contributed by atoms with Crippen LogP contribution in [0.15, 0.2) is 30.7 Å². The maximum absolute atomic E-state index is 13.0. The summed E-state index contributed by atoms with van der Waals surface area (Å²) >= 11 is 0. The summed E-state index contributed by atoms with van der Waals surface area (Å²) in [7, 11) is 0. The van der Waals surface area contributed by atoms with Crippen molar-refractivity contribution in [2.24, 2.45) is 0 Å². The number of hydrogen-bond donors (Lipinski definition) is 2. The van der Waals surface area contributed by atoms with Gasteiger partial charge in [-0.2, -0.15) is 0 Å². The Bertz CT molecular complexity index is 718. The number of carbonyl (C=O) groups is 1. The van der Waals surface area contributed by atoms with Crippen molar-refractivity contribution in [3.8, 4) is 0 Å². The predicted octanol–water partition coefficient (Wildman–Crippen LogP) is 1.16. The lowest BCUT2D eigenvalue weighted by atomic mass is 9.92. The van der Waals surface area contributed by atoms with Gasteiger partial charge in [-0.25, -0.2) is 9.67 Å². The van der Waals surface area contributed by atoms with Crippen LogP contribution in [0.1, 0.15) is 37.0 Å². The Morgan fingerprint density at radius 2 is 2.28 bits per heavy atom. The number of aliphatic hydroxyl groups is 1. The molecule has 2 aromatic rings. The number of amides is 1. The SMILES string of the molecule is CC(C)Nc1ncccc1C(=O)N1CCCC(O)(Cn2ccnn2)C1. The molecule has 1 saturated heterocycles. The number of nitrogens with one attached hydrogen (secondary N) is 1. The molecule has 0 aliphatic carbocycles. The third-order valence-corrected chi connectivity index (χ3v) is 4.23. The minimum atomic E-state index is -1.00. The van der Waals surface area contributed by atoms with Gasteiger partial charge in [-0.15, -0.1) is 5.10 Å². The first-order chi connectivity index (χ1) is 12.0. The molecule has 0 spiro atoms. The fourth-order valence-corrected chi connectivity index (χ4v) is 3.17. The first-order valence-electron chi connectivity index (χ1n) is 8.54. The number of carbonyl (C=O) groups excluding carboxylic acids is 1. The molecule has 2 N–H and O–H groups in total. The number of aromatic nitrogens is 4. The Kier molecular flexibility index (Phi) is 4.98. The van der Waals surface area contributed by atoms with Gasteiger partial charge in [0.2, 0.25) is 0 Å². The summed E-state index contributed by atoms with van der Waals surface area (Å²) < 4.78 is 1.60. The highest BCUT2D eigenvalue weighted by molar-refractivity contribution is 5.98. The fraction of sp³-hybridized carbons (Fsp3) is 0.529. The predicted molar refractivity (Wildman–Crippen MR) is 93.1 cm³/mol. The fourth-order valence-electron chi connectivity index (χ4n) is 3.17. The van der Waals surface area contributed by atoms with Crippen LogP contribution in [0.2, 0.25) is 0 Å². The van der Waals surface area contributed by atoms with E-state index >= 15 is 0 Å². The van der Waals surface area contributed by atoms with Crippen molar-refractivity contribution in [3.05, 3.63) is 36.3 Å². The second-order valence-corrected chi connectivity index (χ2v) is 6.85. The zero-order chi connectivity index (χ0) is 17.9. The smallest absolute Gasteiger partial charge is 0.257 e. The molecule has 1 aliphatic heterocycles. The molecular formula is C17H24N6O2. The van der Waals surface area contributed by atoms with E-state index in [0.717, 1.165) is 6.42 Å². The van der Waals surface area contributed by atoms with Crippen molar-refractivity contribution in [2.45, 2.75) is 44.9 Å². The topological polar surface area (TPSA) is 96.2 Å². The minimum Gasteiger partial charge on any atom is -0.386 e. The molecule has 8 nitrogen and oxygen atoms in total. The highest BCUT2D eigenvalue weighted by Gasteiger charge is 2.36. The van der Waals surface area contributed by atoms with E-state index in [1.165, 1.54) is 0 Å². The summed E-state index contributed by atoms with van der Waals surface area (Å²) in [6.07, 6.45) is 6.32. The van der Waals surface area contributed by atoms with Crippen molar-refractivity contribution in [1.82, 2.24) is 24.9 Å². The van der Waals surface area contributed by atoms with Crippen LogP contribution in [0.3, 0.4) is 0 Å². The van der Waals surface area contributed by atoms with Crippen LogP contribution in [0.4, 0.5) is 5.82 Å². The molecule has 1 amide bonds. The number of piperidine rings is 1. The molecule has 3 rings (SSSR count). The number of rotatable bonds is 5. The van der Waals surface area contributed by atoms with Crippen LogP contribution in [-0.2, 0) is 6.54 Å². The molecule has 2 aromatic heterocycles. The zero-order valence-electron chi connectivity index (χ0n) is 14.6. The van der Waals surface area contributed by atoms with Crippen molar-refractivity contribution in [1.29, 1.82) is 0 Å². The monoisotopic (exact) mass is 344 g/mol. The molecule has 1 unspecified atom stereocenters. The summed E-state index contributed by atoms with van der Waals surface area (Å²) in [6, 6.07) is 3.70. The van der Waals surface area contributed by atoms with E-state index in [4.69, 9.17) is 0 Å². The average Bonchev–Trinajstić information content (AvgIpc) is 3.06. The van der Waals surface area contributed by atoms with Crippen molar-refractivity contribution >= 4 is 11.7 Å². The van der Waals surface area contributed by atoms with E-state index in [-0.39, 0.29) is 18.5 Å². The number of pyridine rings is 1. The minimum absolute atomic E-state index is 0.118. The van der Waals surface area contributed by atoms with Gasteiger partial charge < -0.3 is 15.3 Å². The number of β-amino-alcohol motifs (C(OH)–C–C–N with tert-alkyl or cyclic N) is 1. The van der Waals surface area contributed by atoms with Gasteiger partial charge in [-0.05, 0) is 38.8 Å². The van der Waals surface area contributed by atoms with Crippen molar-refractivity contribution < 1.29 is 9.90 Å². The summed E-state index contributed by atoms with van der Waals surface area (Å²) in [4.78, 5) is 19.0. The summed E-state index contributed by atoms with van der Waals surface area (Å²) in [5.74, 6) is 0.459. The van der Waals surface area contributed by atoms with E-state index in [0.29, 0.717) is 30.9 Å². The molecule has 0 aromatic carbocycles. The Morgan fingerprint density at radius 1 is 1.44 bits per heavy atom. The Labute approximate surface area is 146 Å². The third-order valence-electron chi connectivity index (χ3n) is 4.23. The first-order valence-corrected chi connectivity index (χ1v) is 8.54. The molecule has 8 heteroatoms. The molecule has 3 heterocycles. The first kappa shape index (κ1) is 17.3. The molecule has 1 atom stereocenters. The van der Waals surface area contributed by atoms with Gasteiger partial charge in [0.15, 0.2) is 0 Å². The quantitative estimate of drug-likeness (QED) is 0.845. The third kappa shape index (κ3) is 4.14. The molecule has 0 bridgehead atoms. The number of anilines is 1. The number of nitrogens with zero attached hydrogens (tertiary/aromatic N) is 5. The van der Waals surface area contributed by atoms with Crippen LogP contribution in [-0.4, -0.2) is 60.6 Å². The maximum Gasteiger partial charge on any atom is 0.257 e. The van der Waals surface area contributed by atoms with E-state index in [1.807, 2.05) is 13.8 Å². The van der Waals surface area contributed by atoms with Crippen LogP contribution >= 0.6 is 0 Å². The maximum atomic E-state index is 13.0. The van der Waals surface area contributed by atoms with Gasteiger partial charge in [0, 0.05) is 25.0 Å². The van der Waals surface area contributed by atoms with Gasteiger partial charge in [-0.1, -0.05) is 5.21 Å². The van der Waals surface area contributed by atoms with Crippen LogP contribution in [0.25, 0.3) is 0 Å². The van der Waals surface area contributed by atoms with Crippen LogP contribution in [0.5, 0.6) is 0 Å². The van der Waals surface area contributed by atoms with E-state index < -0.39 is 5.60 Å². The normalized spacial score (nSPS) is 20.7. The second kappa shape index (κ2) is 7.18. The van der Waals surface area contributed by atoms with Crippen LogP contribution in [0, 0.1) is 0 Å². The molecule has 134 valence electrons. The number of hydrogen-bond acceptors (Lipinski definition) is 6. The van der Waals surface area contributed by atoms with Crippen molar-refractivity contribution in [3.63, 3.8) is 0 Å². The Balaban J connectivity index is 1.76. The number of likely N-dealkylation sites (tertiary alicyclic amines) is 1. The Morgan fingerprint density at radius 3 is 3.00 bits per heavy atom. The summed E-state index contributed by atoms with van der Waals surface area (Å²) in [5, 5.41) is 21.8. The largest absolute Gasteiger partial charge is 0.386 e. The standard InChI is InChI=1S/C17H24N6O2/c1-13(2)20-15-14(5-3-7-18-15)16(24)22-9-4-6-17(25,11-22)12-23-10-8-19-21-23/h3,5,7-8,10,13,25H,4,6,9,11-12H2,1-2H3,(H,18,20). The molecule has 0 saturated carbocycles. The molecule has 25 heavy (non-hydrogen) atoms. The molecular weight excluding hydrogens is 320 g/mol. The summed E-state index contributed by atoms with van der Waals surface area (Å²) in [6.45, 7) is 5.21. The van der Waals surface area contributed by atoms with E-state index in [1.54, 1.807) is 40.3 Å². The lowest BCUT2D eigenvalue weighted by Crippen LogP contribution is -2.52. The van der Waals surface area contributed by atoms with E-state index in [9.17, 15) is 9.90 Å². The molecule has 1 fully saturated rings. The highest BCUT2D eigenvalue weighted by atomic mass is 16.3. The lowest BCUT2D eigenvalue weighted by Gasteiger charge is -2.39. The Hall–Kier alpha value is -2.48. The van der Waals surface area contributed by atoms with Gasteiger partial charge in [-0.3, -0.25) is 4.79 Å². The van der Waals surface area contributed by atoms with Gasteiger partial charge in [0.05, 0.1) is 24.8 Å². The van der Waals surface area contributed by atoms with Crippen molar-refractivity contribution in [2.75, 3.05) is 18.4 Å². The second-order valence-electron chi connectivity index (χ2n) is 6.85. The molecule has 0 radical (unpaired) electrons. The average molecular weight is 344 g/mol. The van der Waals surface area contributed by atoms with E-state index in [2.05, 4.69) is 20.6 Å². The zero-order valence-corrected chi connectivity index (χ0v) is 14.6. The van der Waals surface area contributed by atoms with Gasteiger partial charge >= 0.3 is 0 Å². The van der Waals surface area contributed by atoms with Gasteiger partial charge in [0.25, 0.3) is 5.91 Å². The highest BCUT2D eigenvalue weighted by Crippen LogP contribution is 2.25. The molecule has 1 aliphatic rings. The summed E-state index contributed by atoms with van der Waals surface area (Å²) in [5.41, 5.74) is -0.476. The van der Waals surface area contributed by atoms with Gasteiger partial charge in [0.1, 0.15) is 11.4 Å². The lowest BCUT2D eigenvalue weighted by molar-refractivity contribution is -0.0387.